The highest BCUT2D eigenvalue weighted by Gasteiger charge is 2.16. The van der Waals surface area contributed by atoms with Gasteiger partial charge in [-0.1, -0.05) is 12.1 Å². The van der Waals surface area contributed by atoms with Crippen LogP contribution in [0, 0.1) is 19.7 Å². The highest BCUT2D eigenvalue weighted by Crippen LogP contribution is 2.30. The summed E-state index contributed by atoms with van der Waals surface area (Å²) in [4.78, 5) is 23.5. The van der Waals surface area contributed by atoms with Gasteiger partial charge >= 0.3 is 5.97 Å². The van der Waals surface area contributed by atoms with Gasteiger partial charge in [0.2, 0.25) is 5.91 Å². The van der Waals surface area contributed by atoms with E-state index in [1.54, 1.807) is 18.2 Å². The largest absolute Gasteiger partial charge is 0.478 e. The van der Waals surface area contributed by atoms with Crippen molar-refractivity contribution in [3.8, 4) is 11.1 Å². The molecule has 0 saturated heterocycles. The molecule has 0 aliphatic heterocycles. The number of anilines is 1. The number of nitrogen functional groups attached to an aromatic ring is 1. The summed E-state index contributed by atoms with van der Waals surface area (Å²) in [5.41, 5.74) is 9.34. The van der Waals surface area contributed by atoms with E-state index < -0.39 is 11.8 Å². The first-order valence-electron chi connectivity index (χ1n) is 8.98. The van der Waals surface area contributed by atoms with Crippen LogP contribution in [-0.4, -0.2) is 23.0 Å². The molecule has 0 atom stereocenters. The molecule has 0 fully saturated rings. The Labute approximate surface area is 164 Å². The molecule has 0 bridgehead atoms. The number of hydrogen-bond donors (Lipinski definition) is 3. The lowest BCUT2D eigenvalue weighted by molar-refractivity contribution is -0.134. The van der Waals surface area contributed by atoms with Gasteiger partial charge in [0.15, 0.2) is 0 Å². The minimum atomic E-state index is -1.15. The summed E-state index contributed by atoms with van der Waals surface area (Å²) in [7, 11) is 0. The van der Waals surface area contributed by atoms with Gasteiger partial charge in [0.25, 0.3) is 0 Å². The summed E-state index contributed by atoms with van der Waals surface area (Å²) in [5.74, 6) is -1.91. The Balaban J connectivity index is 2.43. The molecule has 0 aromatic heterocycles. The van der Waals surface area contributed by atoms with Crippen LogP contribution in [0.3, 0.4) is 0 Å². The molecule has 0 saturated carbocycles. The van der Waals surface area contributed by atoms with Crippen molar-refractivity contribution < 1.29 is 19.1 Å². The van der Waals surface area contributed by atoms with E-state index >= 15 is 0 Å². The average Bonchev–Trinajstić information content (AvgIpc) is 2.56. The van der Waals surface area contributed by atoms with Crippen molar-refractivity contribution in [3.63, 3.8) is 0 Å². The maximum Gasteiger partial charge on any atom is 0.332 e. The van der Waals surface area contributed by atoms with Crippen molar-refractivity contribution in [1.82, 2.24) is 5.32 Å². The SMILES string of the molecule is Cc1cc(-c2ccc(N)cc2F)c(C)cc1C=C(CC(=O)NC(C)C)C(=O)O. The second-order valence-electron chi connectivity index (χ2n) is 7.14. The van der Waals surface area contributed by atoms with Crippen LogP contribution < -0.4 is 11.1 Å². The van der Waals surface area contributed by atoms with Gasteiger partial charge in [0, 0.05) is 22.9 Å². The zero-order valence-electron chi connectivity index (χ0n) is 16.5. The summed E-state index contributed by atoms with van der Waals surface area (Å²) in [5, 5.41) is 12.1. The number of carbonyl (C=O) groups is 2. The van der Waals surface area contributed by atoms with E-state index in [1.165, 1.54) is 12.1 Å². The molecule has 5 nitrogen and oxygen atoms in total. The highest BCUT2D eigenvalue weighted by atomic mass is 19.1. The van der Waals surface area contributed by atoms with Crippen LogP contribution in [0.1, 0.15) is 37.0 Å². The van der Waals surface area contributed by atoms with Crippen LogP contribution in [0.4, 0.5) is 10.1 Å². The van der Waals surface area contributed by atoms with Crippen molar-refractivity contribution in [3.05, 3.63) is 58.4 Å². The Kier molecular flexibility index (Phi) is 6.57. The molecule has 2 aromatic carbocycles. The Morgan fingerprint density at radius 2 is 1.82 bits per heavy atom. The summed E-state index contributed by atoms with van der Waals surface area (Å²) >= 11 is 0. The lowest BCUT2D eigenvalue weighted by Gasteiger charge is -2.13. The highest BCUT2D eigenvalue weighted by molar-refractivity contribution is 5.98. The van der Waals surface area contributed by atoms with Crippen molar-refractivity contribution in [1.29, 1.82) is 0 Å². The van der Waals surface area contributed by atoms with Gasteiger partial charge in [-0.25, -0.2) is 9.18 Å². The van der Waals surface area contributed by atoms with E-state index in [0.29, 0.717) is 22.4 Å². The first-order chi connectivity index (χ1) is 13.1. The first-order valence-corrected chi connectivity index (χ1v) is 8.98. The zero-order chi connectivity index (χ0) is 21.0. The van der Waals surface area contributed by atoms with Crippen LogP contribution in [-0.2, 0) is 9.59 Å². The number of carboxylic acid groups (broad SMARTS) is 1. The number of carboxylic acids is 1. The number of nitrogens with two attached hydrogens (primary N) is 1. The van der Waals surface area contributed by atoms with E-state index in [-0.39, 0.29) is 23.9 Å². The summed E-state index contributed by atoms with van der Waals surface area (Å²) in [6.07, 6.45) is 1.27. The molecule has 28 heavy (non-hydrogen) atoms. The van der Waals surface area contributed by atoms with Gasteiger partial charge in [-0.05, 0) is 74.2 Å². The predicted octanol–water partition coefficient (Wildman–Crippen LogP) is 4.07. The van der Waals surface area contributed by atoms with Gasteiger partial charge in [0.1, 0.15) is 5.82 Å². The fourth-order valence-electron chi connectivity index (χ4n) is 2.96. The average molecular weight is 384 g/mol. The fraction of sp³-hybridized carbons (Fsp3) is 0.273. The molecular weight excluding hydrogens is 359 g/mol. The van der Waals surface area contributed by atoms with E-state index in [4.69, 9.17) is 5.73 Å². The Bertz CT molecular complexity index is 949. The molecule has 1 amide bonds. The monoisotopic (exact) mass is 384 g/mol. The van der Waals surface area contributed by atoms with E-state index in [2.05, 4.69) is 5.32 Å². The number of amides is 1. The van der Waals surface area contributed by atoms with E-state index in [9.17, 15) is 19.1 Å². The van der Waals surface area contributed by atoms with Crippen LogP contribution >= 0.6 is 0 Å². The predicted molar refractivity (Wildman–Crippen MR) is 109 cm³/mol. The van der Waals surface area contributed by atoms with E-state index in [0.717, 1.165) is 11.1 Å². The van der Waals surface area contributed by atoms with E-state index in [1.807, 2.05) is 33.8 Å². The summed E-state index contributed by atoms with van der Waals surface area (Å²) < 4.78 is 14.3. The second-order valence-corrected chi connectivity index (χ2v) is 7.14. The molecule has 0 spiro atoms. The number of carbonyl (C=O) groups excluding carboxylic acids is 1. The topological polar surface area (TPSA) is 92.4 Å². The number of aryl methyl sites for hydroxylation is 2. The lowest BCUT2D eigenvalue weighted by Crippen LogP contribution is -2.30. The number of hydrogen-bond acceptors (Lipinski definition) is 3. The number of nitrogens with one attached hydrogen (secondary N) is 1. The molecule has 0 unspecified atom stereocenters. The van der Waals surface area contributed by atoms with Crippen molar-refractivity contribution in [2.75, 3.05) is 5.73 Å². The molecular formula is C22H25FN2O3. The molecule has 2 rings (SSSR count). The second kappa shape index (κ2) is 8.69. The maximum absolute atomic E-state index is 14.3. The van der Waals surface area contributed by atoms with Crippen LogP contribution in [0.2, 0.25) is 0 Å². The fourth-order valence-corrected chi connectivity index (χ4v) is 2.96. The Hall–Kier alpha value is -3.15. The van der Waals surface area contributed by atoms with Crippen LogP contribution in [0.5, 0.6) is 0 Å². The molecule has 0 radical (unpaired) electrons. The van der Waals surface area contributed by atoms with Gasteiger partial charge in [-0.15, -0.1) is 0 Å². The molecule has 0 heterocycles. The third-order valence-corrected chi connectivity index (χ3v) is 4.30. The molecule has 0 aliphatic rings. The Morgan fingerprint density at radius 1 is 1.14 bits per heavy atom. The molecule has 2 aromatic rings. The van der Waals surface area contributed by atoms with Crippen molar-refractivity contribution >= 4 is 23.6 Å². The lowest BCUT2D eigenvalue weighted by atomic mass is 9.93. The minimum absolute atomic E-state index is 0.00735. The van der Waals surface area contributed by atoms with Crippen molar-refractivity contribution in [2.45, 2.75) is 40.2 Å². The van der Waals surface area contributed by atoms with Gasteiger partial charge < -0.3 is 16.2 Å². The summed E-state index contributed by atoms with van der Waals surface area (Å²) in [6, 6.07) is 8.07. The third-order valence-electron chi connectivity index (χ3n) is 4.30. The van der Waals surface area contributed by atoms with Gasteiger partial charge in [-0.2, -0.15) is 0 Å². The molecule has 6 heteroatoms. The zero-order valence-corrected chi connectivity index (χ0v) is 16.5. The smallest absolute Gasteiger partial charge is 0.332 e. The van der Waals surface area contributed by atoms with Crippen molar-refractivity contribution in [2.24, 2.45) is 0 Å². The summed E-state index contributed by atoms with van der Waals surface area (Å²) in [6.45, 7) is 7.26. The Morgan fingerprint density at radius 3 is 2.39 bits per heavy atom. The number of benzene rings is 2. The van der Waals surface area contributed by atoms with Gasteiger partial charge in [-0.3, -0.25) is 4.79 Å². The van der Waals surface area contributed by atoms with Crippen LogP contribution in [0.15, 0.2) is 35.9 Å². The third kappa shape index (κ3) is 5.19. The number of rotatable bonds is 6. The molecule has 148 valence electrons. The number of halogens is 1. The maximum atomic E-state index is 14.3. The number of aliphatic carboxylic acids is 1. The normalized spacial score (nSPS) is 11.6. The minimum Gasteiger partial charge on any atom is -0.478 e. The quantitative estimate of drug-likeness (QED) is 0.517. The molecule has 0 aliphatic carbocycles. The standard InChI is InChI=1S/C22H25FN2O3/c1-12(2)25-21(26)10-16(22(27)28)9-15-7-14(4)19(8-13(15)3)18-6-5-17(24)11-20(18)23/h5-9,11-12H,10,24H2,1-4H3,(H,25,26)(H,27,28). The van der Waals surface area contributed by atoms with Crippen LogP contribution in [0.25, 0.3) is 17.2 Å². The first kappa shape index (κ1) is 21.2. The molecule has 4 N–H and O–H groups in total. The van der Waals surface area contributed by atoms with Gasteiger partial charge in [0.05, 0.1) is 6.42 Å².